The van der Waals surface area contributed by atoms with Crippen molar-refractivity contribution in [1.29, 1.82) is 0 Å². The van der Waals surface area contributed by atoms with Gasteiger partial charge in [-0.25, -0.2) is 0 Å². The molecule has 0 heterocycles. The smallest absolute Gasteiger partial charge is 0.207 e. The van der Waals surface area contributed by atoms with Crippen molar-refractivity contribution in [2.24, 2.45) is 0 Å². The molecule has 1 N–H and O–H groups in total. The number of hydrogen-bond acceptors (Lipinski definition) is 1. The highest BCUT2D eigenvalue weighted by Crippen LogP contribution is 2.09. The predicted molar refractivity (Wildman–Crippen MR) is 79.6 cm³/mol. The van der Waals surface area contributed by atoms with E-state index in [-0.39, 0.29) is 0 Å². The first-order chi connectivity index (χ1) is 8.91. The molecule has 1 amide bonds. The highest BCUT2D eigenvalue weighted by molar-refractivity contribution is 5.46. The molecular formula is C16H29NO. The van der Waals surface area contributed by atoms with Gasteiger partial charge in [-0.1, -0.05) is 76.2 Å². The highest BCUT2D eigenvalue weighted by atomic mass is 16.1. The van der Waals surface area contributed by atoms with Crippen molar-refractivity contribution in [2.45, 2.75) is 64.7 Å². The lowest BCUT2D eigenvalue weighted by Crippen LogP contribution is -2.08. The molecule has 0 aliphatic rings. The van der Waals surface area contributed by atoms with Gasteiger partial charge >= 0.3 is 0 Å². The van der Waals surface area contributed by atoms with Gasteiger partial charge in [-0.3, -0.25) is 4.79 Å². The van der Waals surface area contributed by atoms with Crippen LogP contribution < -0.4 is 5.32 Å². The number of amides is 1. The van der Waals surface area contributed by atoms with E-state index in [0.29, 0.717) is 13.0 Å². The molecule has 2 nitrogen and oxygen atoms in total. The third-order valence-corrected chi connectivity index (χ3v) is 2.93. The molecule has 0 aromatic heterocycles. The van der Waals surface area contributed by atoms with Crippen LogP contribution in [0.1, 0.15) is 64.7 Å². The summed E-state index contributed by atoms with van der Waals surface area (Å²) in [5.41, 5.74) is 0. The highest BCUT2D eigenvalue weighted by Gasteiger charge is 1.89. The fraction of sp³-hybridized carbons (Fsp3) is 0.688. The molecule has 0 aliphatic heterocycles. The van der Waals surface area contributed by atoms with Crippen LogP contribution in [0, 0.1) is 0 Å². The zero-order chi connectivity index (χ0) is 13.3. The summed E-state index contributed by atoms with van der Waals surface area (Å²) in [5.74, 6) is 0. The maximum Gasteiger partial charge on any atom is 0.207 e. The van der Waals surface area contributed by atoms with E-state index in [4.69, 9.17) is 0 Å². The van der Waals surface area contributed by atoms with Gasteiger partial charge in [0.2, 0.25) is 6.41 Å². The van der Waals surface area contributed by atoms with Crippen LogP contribution in [0.25, 0.3) is 0 Å². The van der Waals surface area contributed by atoms with Crippen molar-refractivity contribution in [1.82, 2.24) is 5.32 Å². The normalized spacial score (nSPS) is 11.4. The van der Waals surface area contributed by atoms with E-state index < -0.39 is 0 Å². The second-order valence-corrected chi connectivity index (χ2v) is 4.65. The summed E-state index contributed by atoms with van der Waals surface area (Å²) in [6.07, 6.45) is 21.1. The number of nitrogens with one attached hydrogen (secondary N) is 1. The van der Waals surface area contributed by atoms with Crippen LogP contribution in [-0.4, -0.2) is 13.0 Å². The zero-order valence-corrected chi connectivity index (χ0v) is 11.9. The maximum atomic E-state index is 9.96. The van der Waals surface area contributed by atoms with Crippen LogP contribution in [0.2, 0.25) is 0 Å². The Morgan fingerprint density at radius 2 is 1.44 bits per heavy atom. The summed E-state index contributed by atoms with van der Waals surface area (Å²) in [6, 6.07) is 0. The molecule has 0 saturated carbocycles. The topological polar surface area (TPSA) is 29.1 Å². The Balaban J connectivity index is 3.12. The molecule has 18 heavy (non-hydrogen) atoms. The average molecular weight is 251 g/mol. The van der Waals surface area contributed by atoms with Crippen molar-refractivity contribution in [3.8, 4) is 0 Å². The van der Waals surface area contributed by atoms with Gasteiger partial charge in [0.25, 0.3) is 0 Å². The maximum absolute atomic E-state index is 9.96. The molecule has 0 aromatic carbocycles. The van der Waals surface area contributed by atoms with Crippen LogP contribution >= 0.6 is 0 Å². The lowest BCUT2D eigenvalue weighted by molar-refractivity contribution is -0.109. The van der Waals surface area contributed by atoms with Gasteiger partial charge in [0.15, 0.2) is 0 Å². The first-order valence-corrected chi connectivity index (χ1v) is 7.40. The van der Waals surface area contributed by atoms with Crippen molar-refractivity contribution >= 4 is 6.41 Å². The molecule has 0 rings (SSSR count). The summed E-state index contributed by atoms with van der Waals surface area (Å²) >= 11 is 0. The van der Waals surface area contributed by atoms with Gasteiger partial charge in [-0.15, -0.1) is 0 Å². The number of unbranched alkanes of at least 4 members (excludes halogenated alkanes) is 8. The van der Waals surface area contributed by atoms with Gasteiger partial charge in [-0.05, 0) is 12.8 Å². The average Bonchev–Trinajstić information content (AvgIpc) is 2.39. The summed E-state index contributed by atoms with van der Waals surface area (Å²) in [6.45, 7) is 2.88. The summed E-state index contributed by atoms with van der Waals surface area (Å²) < 4.78 is 0. The van der Waals surface area contributed by atoms with Crippen LogP contribution in [0.3, 0.4) is 0 Å². The zero-order valence-electron chi connectivity index (χ0n) is 11.9. The van der Waals surface area contributed by atoms with Crippen LogP contribution in [-0.2, 0) is 4.79 Å². The molecule has 0 fully saturated rings. The van der Waals surface area contributed by atoms with Gasteiger partial charge in [0, 0.05) is 6.54 Å². The molecule has 0 atom stereocenters. The molecule has 0 bridgehead atoms. The number of hydrogen-bond donors (Lipinski definition) is 1. The number of allylic oxidation sites excluding steroid dienone is 3. The van der Waals surface area contributed by atoms with Crippen molar-refractivity contribution in [3.05, 3.63) is 24.3 Å². The molecule has 0 unspecified atom stereocenters. The standard InChI is InChI=1S/C16H29NO/c1-2-3-4-5-6-7-8-9-10-11-12-13-14-15-17-16-18/h11-14,16H,2-10,15H2,1H3,(H,17,18). The molecule has 0 saturated heterocycles. The largest absolute Gasteiger partial charge is 0.355 e. The summed E-state index contributed by atoms with van der Waals surface area (Å²) in [7, 11) is 0. The summed E-state index contributed by atoms with van der Waals surface area (Å²) in [5, 5.41) is 2.59. The predicted octanol–water partition coefficient (Wildman–Crippen LogP) is 4.38. The Bertz CT molecular complexity index is 221. The van der Waals surface area contributed by atoms with E-state index >= 15 is 0 Å². The molecule has 2 heteroatoms. The second kappa shape index (κ2) is 16.0. The fourth-order valence-electron chi connectivity index (χ4n) is 1.83. The third-order valence-electron chi connectivity index (χ3n) is 2.93. The monoisotopic (exact) mass is 251 g/mol. The summed E-state index contributed by atoms with van der Waals surface area (Å²) in [4.78, 5) is 9.96. The SMILES string of the molecule is CCCCCCCCCCC=CC=CCNC=O. The molecule has 104 valence electrons. The first kappa shape index (κ1) is 16.9. The van der Waals surface area contributed by atoms with Crippen LogP contribution in [0.5, 0.6) is 0 Å². The first-order valence-electron chi connectivity index (χ1n) is 7.40. The lowest BCUT2D eigenvalue weighted by atomic mass is 10.1. The third kappa shape index (κ3) is 14.9. The minimum Gasteiger partial charge on any atom is -0.355 e. The van der Waals surface area contributed by atoms with Crippen molar-refractivity contribution < 1.29 is 4.79 Å². The molecule has 0 radical (unpaired) electrons. The van der Waals surface area contributed by atoms with Crippen molar-refractivity contribution in [2.75, 3.05) is 6.54 Å². The van der Waals surface area contributed by atoms with E-state index in [1.165, 1.54) is 57.8 Å². The molecule has 0 aromatic rings. The van der Waals surface area contributed by atoms with Gasteiger partial charge in [0.05, 0.1) is 0 Å². The Morgan fingerprint density at radius 3 is 2.11 bits per heavy atom. The van der Waals surface area contributed by atoms with E-state index in [1.54, 1.807) is 0 Å². The number of rotatable bonds is 13. The van der Waals surface area contributed by atoms with Gasteiger partial charge in [-0.2, -0.15) is 0 Å². The van der Waals surface area contributed by atoms with E-state index in [0.717, 1.165) is 0 Å². The van der Waals surface area contributed by atoms with E-state index in [2.05, 4.69) is 24.4 Å². The Morgan fingerprint density at radius 1 is 0.833 bits per heavy atom. The van der Waals surface area contributed by atoms with Crippen LogP contribution in [0.15, 0.2) is 24.3 Å². The Kier molecular flexibility index (Phi) is 15.0. The second-order valence-electron chi connectivity index (χ2n) is 4.65. The van der Waals surface area contributed by atoms with Gasteiger partial charge in [0.1, 0.15) is 0 Å². The van der Waals surface area contributed by atoms with E-state index in [1.807, 2.05) is 12.2 Å². The van der Waals surface area contributed by atoms with Crippen LogP contribution in [0.4, 0.5) is 0 Å². The number of carbonyl (C=O) groups is 1. The minimum absolute atomic E-state index is 0.617. The Hall–Kier alpha value is -1.05. The van der Waals surface area contributed by atoms with Gasteiger partial charge < -0.3 is 5.32 Å². The molecular weight excluding hydrogens is 222 g/mol. The van der Waals surface area contributed by atoms with Crippen molar-refractivity contribution in [3.63, 3.8) is 0 Å². The number of carbonyl (C=O) groups excluding carboxylic acids is 1. The Labute approximate surface area is 113 Å². The molecule has 0 aliphatic carbocycles. The lowest BCUT2D eigenvalue weighted by Gasteiger charge is -1.99. The van der Waals surface area contributed by atoms with E-state index in [9.17, 15) is 4.79 Å². The quantitative estimate of drug-likeness (QED) is 0.294. The minimum atomic E-state index is 0.617. The fourth-order valence-corrected chi connectivity index (χ4v) is 1.83. The molecule has 0 spiro atoms.